The van der Waals surface area contributed by atoms with Crippen molar-refractivity contribution >= 4 is 33.4 Å². The van der Waals surface area contributed by atoms with Gasteiger partial charge in [0.05, 0.1) is 10.9 Å². The lowest BCUT2D eigenvalue weighted by atomic mass is 10.1. The first-order valence-corrected chi connectivity index (χ1v) is 6.26. The molecule has 1 aliphatic rings. The summed E-state index contributed by atoms with van der Waals surface area (Å²) in [6.07, 6.45) is 0.283. The van der Waals surface area contributed by atoms with Gasteiger partial charge in [-0.3, -0.25) is 4.79 Å². The third-order valence-electron chi connectivity index (χ3n) is 2.43. The molecule has 1 aromatic rings. The summed E-state index contributed by atoms with van der Waals surface area (Å²) in [5, 5.41) is 2.51. The molecule has 1 heterocycles. The van der Waals surface area contributed by atoms with Crippen LogP contribution in [-0.2, 0) is 0 Å². The minimum Gasteiger partial charge on any atom is -0.468 e. The molecule has 1 aromatic carbocycles. The number of nitrogens with one attached hydrogen (secondary N) is 1. The fourth-order valence-electron chi connectivity index (χ4n) is 1.53. The van der Waals surface area contributed by atoms with Crippen molar-refractivity contribution in [3.8, 4) is 5.75 Å². The zero-order chi connectivity index (χ0) is 11.7. The van der Waals surface area contributed by atoms with Gasteiger partial charge in [0.2, 0.25) is 0 Å². The first-order valence-electron chi connectivity index (χ1n) is 5.03. The summed E-state index contributed by atoms with van der Waals surface area (Å²) in [5.41, 5.74) is 0.533. The summed E-state index contributed by atoms with van der Waals surface area (Å²) in [4.78, 5) is 11.8. The number of hydrogen-bond donors (Lipinski definition) is 1. The fourth-order valence-corrected chi connectivity index (χ4v) is 2.01. The maximum Gasteiger partial charge on any atom is 0.257 e. The van der Waals surface area contributed by atoms with Crippen molar-refractivity contribution in [1.82, 2.24) is 5.32 Å². The number of rotatable bonds is 2. The topological polar surface area (TPSA) is 38.3 Å². The van der Waals surface area contributed by atoms with E-state index in [1.165, 1.54) is 0 Å². The van der Waals surface area contributed by atoms with Crippen LogP contribution in [0, 0.1) is 0 Å². The standard InChI is InChI=1S/C11H11BrClNO2/c1-2-8(13)11-14-10(15)7-5-6(12)3-4-9(7)16-11/h3-5,8,11H,2H2,1H3,(H,14,15). The van der Waals surface area contributed by atoms with Crippen LogP contribution < -0.4 is 10.1 Å². The summed E-state index contributed by atoms with van der Waals surface area (Å²) < 4.78 is 6.47. The van der Waals surface area contributed by atoms with Gasteiger partial charge in [-0.25, -0.2) is 0 Å². The van der Waals surface area contributed by atoms with Crippen LogP contribution in [-0.4, -0.2) is 17.5 Å². The van der Waals surface area contributed by atoms with Gasteiger partial charge >= 0.3 is 0 Å². The molecular weight excluding hydrogens is 293 g/mol. The molecule has 1 amide bonds. The average molecular weight is 305 g/mol. The minimum atomic E-state index is -0.451. The van der Waals surface area contributed by atoms with Crippen LogP contribution in [0.4, 0.5) is 0 Å². The van der Waals surface area contributed by atoms with Crippen LogP contribution in [0.1, 0.15) is 23.7 Å². The first kappa shape index (κ1) is 11.7. The van der Waals surface area contributed by atoms with Gasteiger partial charge in [-0.15, -0.1) is 11.6 Å². The van der Waals surface area contributed by atoms with Crippen molar-refractivity contribution in [3.05, 3.63) is 28.2 Å². The molecular formula is C11H11BrClNO2. The van der Waals surface area contributed by atoms with E-state index in [0.717, 1.165) is 10.9 Å². The Kier molecular flexibility index (Phi) is 3.40. The molecule has 0 aliphatic carbocycles. The third kappa shape index (κ3) is 2.18. The van der Waals surface area contributed by atoms with Gasteiger partial charge in [-0.05, 0) is 24.6 Å². The van der Waals surface area contributed by atoms with E-state index in [-0.39, 0.29) is 11.3 Å². The van der Waals surface area contributed by atoms with Crippen molar-refractivity contribution in [1.29, 1.82) is 0 Å². The maximum absolute atomic E-state index is 11.8. The molecule has 86 valence electrons. The Balaban J connectivity index is 2.30. The van der Waals surface area contributed by atoms with Gasteiger partial charge in [0.1, 0.15) is 5.75 Å². The first-order chi connectivity index (χ1) is 7.61. The highest BCUT2D eigenvalue weighted by Gasteiger charge is 2.29. The molecule has 0 spiro atoms. The quantitative estimate of drug-likeness (QED) is 0.853. The average Bonchev–Trinajstić information content (AvgIpc) is 2.28. The number of alkyl halides is 1. The second kappa shape index (κ2) is 4.63. The summed E-state index contributed by atoms with van der Waals surface area (Å²) in [6.45, 7) is 1.95. The van der Waals surface area contributed by atoms with Crippen LogP contribution in [0.25, 0.3) is 0 Å². The van der Waals surface area contributed by atoms with Crippen molar-refractivity contribution < 1.29 is 9.53 Å². The lowest BCUT2D eigenvalue weighted by molar-refractivity contribution is 0.0746. The number of halogens is 2. The normalized spacial score (nSPS) is 20.7. The van der Waals surface area contributed by atoms with Gasteiger partial charge in [-0.2, -0.15) is 0 Å². The lowest BCUT2D eigenvalue weighted by Gasteiger charge is -2.29. The number of fused-ring (bicyclic) bond motifs is 1. The minimum absolute atomic E-state index is 0.147. The zero-order valence-electron chi connectivity index (χ0n) is 8.67. The van der Waals surface area contributed by atoms with Crippen molar-refractivity contribution in [2.45, 2.75) is 24.9 Å². The van der Waals surface area contributed by atoms with Gasteiger partial charge in [0.25, 0.3) is 5.91 Å². The highest BCUT2D eigenvalue weighted by Crippen LogP contribution is 2.28. The number of benzene rings is 1. The van der Waals surface area contributed by atoms with E-state index in [9.17, 15) is 4.79 Å². The molecule has 0 aromatic heterocycles. The Bertz CT molecular complexity index is 424. The second-order valence-electron chi connectivity index (χ2n) is 3.58. The maximum atomic E-state index is 11.8. The van der Waals surface area contributed by atoms with Crippen molar-refractivity contribution in [3.63, 3.8) is 0 Å². The van der Waals surface area contributed by atoms with Gasteiger partial charge < -0.3 is 10.1 Å². The molecule has 0 saturated carbocycles. The van der Waals surface area contributed by atoms with E-state index in [4.69, 9.17) is 16.3 Å². The van der Waals surface area contributed by atoms with Crippen molar-refractivity contribution in [2.24, 2.45) is 0 Å². The number of hydrogen-bond acceptors (Lipinski definition) is 2. The molecule has 0 radical (unpaired) electrons. The van der Waals surface area contributed by atoms with Gasteiger partial charge in [-0.1, -0.05) is 22.9 Å². The van der Waals surface area contributed by atoms with E-state index in [1.807, 2.05) is 13.0 Å². The molecule has 0 bridgehead atoms. The molecule has 2 rings (SSSR count). The van der Waals surface area contributed by atoms with Gasteiger partial charge in [0, 0.05) is 4.47 Å². The Hall–Kier alpha value is -0.740. The Labute approximate surface area is 107 Å². The fraction of sp³-hybridized carbons (Fsp3) is 0.364. The second-order valence-corrected chi connectivity index (χ2v) is 5.05. The highest BCUT2D eigenvalue weighted by atomic mass is 79.9. The molecule has 2 unspecified atom stereocenters. The molecule has 2 atom stereocenters. The monoisotopic (exact) mass is 303 g/mol. The highest BCUT2D eigenvalue weighted by molar-refractivity contribution is 9.10. The molecule has 1 N–H and O–H groups in total. The zero-order valence-corrected chi connectivity index (χ0v) is 11.0. The Morgan fingerprint density at radius 1 is 1.62 bits per heavy atom. The summed E-state index contributed by atoms with van der Waals surface area (Å²) in [6, 6.07) is 5.34. The number of ether oxygens (including phenoxy) is 1. The Morgan fingerprint density at radius 2 is 2.38 bits per heavy atom. The summed E-state index contributed by atoms with van der Waals surface area (Å²) in [5.74, 6) is 0.433. The van der Waals surface area contributed by atoms with Crippen LogP contribution in [0.3, 0.4) is 0 Å². The Morgan fingerprint density at radius 3 is 3.06 bits per heavy atom. The SMILES string of the molecule is CCC(Cl)C1NC(=O)c2cc(Br)ccc2O1. The van der Waals surface area contributed by atoms with Crippen LogP contribution in [0.15, 0.2) is 22.7 Å². The van der Waals surface area contributed by atoms with Crippen LogP contribution in [0.5, 0.6) is 5.75 Å². The van der Waals surface area contributed by atoms with E-state index in [1.54, 1.807) is 12.1 Å². The van der Waals surface area contributed by atoms with E-state index >= 15 is 0 Å². The van der Waals surface area contributed by atoms with E-state index < -0.39 is 6.23 Å². The smallest absolute Gasteiger partial charge is 0.257 e. The number of carbonyl (C=O) groups excluding carboxylic acids is 1. The van der Waals surface area contributed by atoms with Crippen molar-refractivity contribution in [2.75, 3.05) is 0 Å². The van der Waals surface area contributed by atoms with E-state index in [2.05, 4.69) is 21.2 Å². The molecule has 0 fully saturated rings. The van der Waals surface area contributed by atoms with Crippen LogP contribution in [0.2, 0.25) is 0 Å². The molecule has 3 nitrogen and oxygen atoms in total. The predicted molar refractivity (Wildman–Crippen MR) is 66.0 cm³/mol. The molecule has 1 aliphatic heterocycles. The summed E-state index contributed by atoms with van der Waals surface area (Å²) >= 11 is 9.37. The number of carbonyl (C=O) groups is 1. The molecule has 5 heteroatoms. The third-order valence-corrected chi connectivity index (χ3v) is 3.46. The predicted octanol–water partition coefficient (Wildman–Crippen LogP) is 2.91. The molecule has 16 heavy (non-hydrogen) atoms. The number of amides is 1. The largest absolute Gasteiger partial charge is 0.468 e. The lowest BCUT2D eigenvalue weighted by Crippen LogP contribution is -2.48. The molecule has 0 saturated heterocycles. The van der Waals surface area contributed by atoms with E-state index in [0.29, 0.717) is 11.3 Å². The summed E-state index contributed by atoms with van der Waals surface area (Å²) in [7, 11) is 0. The van der Waals surface area contributed by atoms with Crippen LogP contribution >= 0.6 is 27.5 Å². The van der Waals surface area contributed by atoms with Gasteiger partial charge in [0.15, 0.2) is 6.23 Å².